The van der Waals surface area contributed by atoms with Crippen LogP contribution in [0.1, 0.15) is 133 Å². The lowest BCUT2D eigenvalue weighted by molar-refractivity contribution is -0.0516. The van der Waals surface area contributed by atoms with E-state index < -0.39 is 0 Å². The summed E-state index contributed by atoms with van der Waals surface area (Å²) in [6.07, 6.45) is 16.9. The van der Waals surface area contributed by atoms with Crippen LogP contribution in [-0.2, 0) is 0 Å². The summed E-state index contributed by atoms with van der Waals surface area (Å²) < 4.78 is 0. The molecule has 0 bridgehead atoms. The van der Waals surface area contributed by atoms with E-state index in [0.717, 1.165) is 48.3 Å². The second kappa shape index (κ2) is 9.22. The summed E-state index contributed by atoms with van der Waals surface area (Å²) >= 11 is 0. The molecule has 4 rings (SSSR count). The molecule has 4 aliphatic rings. The van der Waals surface area contributed by atoms with Gasteiger partial charge >= 0.3 is 0 Å². The fraction of sp³-hybridized carbons (Fsp3) is 0.939. The van der Waals surface area contributed by atoms with E-state index in [0.29, 0.717) is 21.7 Å². The molecule has 0 aromatic rings. The predicted octanol–water partition coefficient (Wildman–Crippen LogP) is 9.44. The van der Waals surface area contributed by atoms with Gasteiger partial charge in [-0.25, -0.2) is 0 Å². The minimum atomic E-state index is -0.0912. The van der Waals surface area contributed by atoms with Crippen LogP contribution in [0.3, 0.4) is 0 Å². The van der Waals surface area contributed by atoms with Gasteiger partial charge in [-0.2, -0.15) is 0 Å². The Morgan fingerprint density at radius 1 is 0.882 bits per heavy atom. The summed E-state index contributed by atoms with van der Waals surface area (Å²) in [6, 6.07) is 0. The summed E-state index contributed by atoms with van der Waals surface area (Å²) in [5, 5.41) is 10.4. The molecule has 0 heterocycles. The van der Waals surface area contributed by atoms with Gasteiger partial charge in [-0.05, 0) is 121 Å². The maximum Gasteiger partial charge on any atom is 0.0577 e. The SMILES string of the molecule is C[C@H](CCC(C(C)(C)C)C(C)(C)C)[C@H]1CC[C@H]2[C@H]3CCC=C4C[C@@H](O)CC[C@]4(C)[C@H]3CC[C@]12C. The molecule has 34 heavy (non-hydrogen) atoms. The van der Waals surface area contributed by atoms with E-state index in [2.05, 4.69) is 68.4 Å². The molecule has 0 aromatic heterocycles. The molecule has 1 nitrogen and oxygen atoms in total. The maximum atomic E-state index is 10.4. The zero-order valence-electron chi connectivity index (χ0n) is 24.3. The van der Waals surface area contributed by atoms with Crippen LogP contribution in [0, 0.1) is 57.2 Å². The average Bonchev–Trinajstić information content (AvgIpc) is 2.98. The normalized spacial score (nSPS) is 41.9. The lowest BCUT2D eigenvalue weighted by atomic mass is 9.49. The number of aliphatic hydroxyl groups excluding tert-OH is 1. The number of allylic oxidation sites excluding steroid dienone is 1. The van der Waals surface area contributed by atoms with E-state index in [1.54, 1.807) is 5.57 Å². The van der Waals surface area contributed by atoms with Gasteiger partial charge in [0.1, 0.15) is 0 Å². The molecule has 0 unspecified atom stereocenters. The van der Waals surface area contributed by atoms with Crippen molar-refractivity contribution < 1.29 is 5.11 Å². The van der Waals surface area contributed by atoms with E-state index in [1.165, 1.54) is 57.8 Å². The minimum absolute atomic E-state index is 0.0912. The van der Waals surface area contributed by atoms with Gasteiger partial charge in [-0.3, -0.25) is 0 Å². The van der Waals surface area contributed by atoms with Crippen LogP contribution in [0.15, 0.2) is 11.6 Å². The van der Waals surface area contributed by atoms with Crippen molar-refractivity contribution >= 4 is 0 Å². The Kier molecular flexibility index (Phi) is 7.25. The topological polar surface area (TPSA) is 20.2 Å². The smallest absolute Gasteiger partial charge is 0.0577 e. The molecule has 0 radical (unpaired) electrons. The van der Waals surface area contributed by atoms with Gasteiger partial charge in [0.2, 0.25) is 0 Å². The first-order valence-electron chi connectivity index (χ1n) is 15.1. The van der Waals surface area contributed by atoms with Crippen molar-refractivity contribution in [1.82, 2.24) is 0 Å². The Morgan fingerprint density at radius 2 is 1.56 bits per heavy atom. The average molecular weight is 471 g/mol. The van der Waals surface area contributed by atoms with Crippen molar-refractivity contribution in [3.63, 3.8) is 0 Å². The molecule has 0 saturated heterocycles. The number of hydrogen-bond acceptors (Lipinski definition) is 1. The molecule has 3 saturated carbocycles. The third-order valence-electron chi connectivity index (χ3n) is 12.1. The molecular formula is C33H58O. The van der Waals surface area contributed by atoms with E-state index in [1.807, 2.05) is 0 Å². The van der Waals surface area contributed by atoms with Crippen LogP contribution < -0.4 is 0 Å². The van der Waals surface area contributed by atoms with Gasteiger partial charge in [0.25, 0.3) is 0 Å². The van der Waals surface area contributed by atoms with Crippen molar-refractivity contribution in [2.45, 2.75) is 139 Å². The summed E-state index contributed by atoms with van der Waals surface area (Å²) in [4.78, 5) is 0. The third kappa shape index (κ3) is 4.70. The number of aliphatic hydroxyl groups is 1. The van der Waals surface area contributed by atoms with Crippen molar-refractivity contribution in [2.75, 3.05) is 0 Å². The van der Waals surface area contributed by atoms with Gasteiger partial charge in [0.05, 0.1) is 6.10 Å². The highest BCUT2D eigenvalue weighted by molar-refractivity contribution is 5.23. The highest BCUT2D eigenvalue weighted by atomic mass is 16.3. The van der Waals surface area contributed by atoms with Gasteiger partial charge in [-0.15, -0.1) is 0 Å². The molecule has 0 amide bonds. The number of rotatable bonds is 4. The van der Waals surface area contributed by atoms with Crippen molar-refractivity contribution in [3.8, 4) is 0 Å². The second-order valence-electron chi connectivity index (χ2n) is 16.1. The quantitative estimate of drug-likeness (QED) is 0.406. The molecule has 0 aliphatic heterocycles. The third-order valence-corrected chi connectivity index (χ3v) is 12.1. The molecule has 0 aromatic carbocycles. The number of hydrogen-bond donors (Lipinski definition) is 1. The first-order valence-corrected chi connectivity index (χ1v) is 15.1. The van der Waals surface area contributed by atoms with Gasteiger partial charge < -0.3 is 5.11 Å². The van der Waals surface area contributed by atoms with Crippen LogP contribution in [-0.4, -0.2) is 11.2 Å². The molecule has 4 aliphatic carbocycles. The minimum Gasteiger partial charge on any atom is -0.393 e. The fourth-order valence-electron chi connectivity index (χ4n) is 10.7. The Morgan fingerprint density at radius 3 is 2.21 bits per heavy atom. The predicted molar refractivity (Wildman–Crippen MR) is 147 cm³/mol. The van der Waals surface area contributed by atoms with Gasteiger partial charge in [-0.1, -0.05) is 80.4 Å². The van der Waals surface area contributed by atoms with Gasteiger partial charge in [0, 0.05) is 0 Å². The molecule has 3 fully saturated rings. The summed E-state index contributed by atoms with van der Waals surface area (Å²) in [7, 11) is 0. The molecule has 1 N–H and O–H groups in total. The van der Waals surface area contributed by atoms with E-state index in [9.17, 15) is 5.11 Å². The van der Waals surface area contributed by atoms with Crippen LogP contribution in [0.2, 0.25) is 0 Å². The standard InChI is InChI=1S/C33H58O/c1-22(13-16-29(30(2,3)4)31(5,6)7)26-14-15-27-25-12-10-11-23-21-24(34)17-19-32(23,8)28(25)18-20-33(26,27)9/h11,22,24-29,34H,10,12-21H2,1-9H3/t22-,24+,25-,26-,27+,28+,32+,33-/m1/s1. The Balaban J connectivity index is 1.48. The van der Waals surface area contributed by atoms with E-state index in [-0.39, 0.29) is 6.10 Å². The monoisotopic (exact) mass is 470 g/mol. The van der Waals surface area contributed by atoms with Crippen LogP contribution in [0.4, 0.5) is 0 Å². The Bertz CT molecular complexity index is 735. The zero-order chi connectivity index (χ0) is 25.1. The summed E-state index contributed by atoms with van der Waals surface area (Å²) in [5.41, 5.74) is 3.30. The first kappa shape index (κ1) is 26.8. The molecule has 0 spiro atoms. The fourth-order valence-corrected chi connectivity index (χ4v) is 10.7. The molecular weight excluding hydrogens is 412 g/mol. The van der Waals surface area contributed by atoms with Crippen LogP contribution in [0.25, 0.3) is 0 Å². The Labute approximate surface area is 212 Å². The number of fused-ring (bicyclic) bond motifs is 5. The lowest BCUT2D eigenvalue weighted by Gasteiger charge is -2.55. The maximum absolute atomic E-state index is 10.4. The summed E-state index contributed by atoms with van der Waals surface area (Å²) in [6.45, 7) is 22.7. The molecule has 196 valence electrons. The van der Waals surface area contributed by atoms with Gasteiger partial charge in [0.15, 0.2) is 0 Å². The van der Waals surface area contributed by atoms with Crippen LogP contribution in [0.5, 0.6) is 0 Å². The van der Waals surface area contributed by atoms with E-state index in [4.69, 9.17) is 0 Å². The largest absolute Gasteiger partial charge is 0.393 e. The zero-order valence-corrected chi connectivity index (χ0v) is 24.3. The molecule has 1 heteroatoms. The van der Waals surface area contributed by atoms with Crippen LogP contribution >= 0.6 is 0 Å². The highest BCUT2D eigenvalue weighted by Crippen LogP contribution is 2.67. The highest BCUT2D eigenvalue weighted by Gasteiger charge is 2.58. The Hall–Kier alpha value is -0.300. The molecule has 8 atom stereocenters. The first-order chi connectivity index (χ1) is 15.7. The van der Waals surface area contributed by atoms with E-state index >= 15 is 0 Å². The lowest BCUT2D eigenvalue weighted by Crippen LogP contribution is -2.48. The second-order valence-corrected chi connectivity index (χ2v) is 16.1. The summed E-state index contributed by atoms with van der Waals surface area (Å²) in [5.74, 6) is 5.22. The van der Waals surface area contributed by atoms with Crippen molar-refractivity contribution in [2.24, 2.45) is 57.2 Å². The van der Waals surface area contributed by atoms with Crippen molar-refractivity contribution in [3.05, 3.63) is 11.6 Å². The van der Waals surface area contributed by atoms with Crippen molar-refractivity contribution in [1.29, 1.82) is 0 Å².